The minimum atomic E-state index is 0.827. The summed E-state index contributed by atoms with van der Waals surface area (Å²) in [5, 5.41) is 7.82. The maximum absolute atomic E-state index is 4.31. The zero-order valence-corrected chi connectivity index (χ0v) is 12.2. The quantitative estimate of drug-likeness (QED) is 0.753. The van der Waals surface area contributed by atoms with E-state index in [4.69, 9.17) is 0 Å². The summed E-state index contributed by atoms with van der Waals surface area (Å²) in [7, 11) is 0. The van der Waals surface area contributed by atoms with E-state index in [1.807, 2.05) is 23.0 Å². The van der Waals surface area contributed by atoms with Crippen molar-refractivity contribution in [3.05, 3.63) is 72.3 Å². The number of nitrogens with zero attached hydrogens (tertiary/aromatic N) is 3. The lowest BCUT2D eigenvalue weighted by Crippen LogP contribution is -2.14. The van der Waals surface area contributed by atoms with Crippen LogP contribution in [-0.2, 0) is 19.6 Å². The molecule has 0 fully saturated rings. The number of benzene rings is 1. The largest absolute Gasteiger partial charge is 0.354 e. The fraction of sp³-hybridized carbons (Fsp3) is 0.235. The van der Waals surface area contributed by atoms with Crippen LogP contribution >= 0.6 is 0 Å². The zero-order chi connectivity index (χ0) is 14.5. The highest BCUT2D eigenvalue weighted by molar-refractivity contribution is 5.40. The third-order valence-electron chi connectivity index (χ3n) is 3.56. The van der Waals surface area contributed by atoms with E-state index in [9.17, 15) is 0 Å². The smallest absolute Gasteiger partial charge is 0.0690 e. The van der Waals surface area contributed by atoms with Crippen LogP contribution in [0.25, 0.3) is 5.69 Å². The normalized spacial score (nSPS) is 10.9. The van der Waals surface area contributed by atoms with Gasteiger partial charge in [0.2, 0.25) is 0 Å². The molecule has 0 aliphatic carbocycles. The van der Waals surface area contributed by atoms with E-state index in [1.165, 1.54) is 11.1 Å². The molecule has 0 aliphatic heterocycles. The number of aromatic nitrogens is 3. The number of para-hydroxylation sites is 1. The monoisotopic (exact) mass is 280 g/mol. The van der Waals surface area contributed by atoms with Gasteiger partial charge in [-0.1, -0.05) is 18.2 Å². The van der Waals surface area contributed by atoms with E-state index in [1.54, 1.807) is 6.20 Å². The molecule has 2 heterocycles. The van der Waals surface area contributed by atoms with E-state index in [0.29, 0.717) is 0 Å². The number of rotatable bonds is 6. The number of hydrogen-bond donors (Lipinski definition) is 1. The molecule has 0 bridgehead atoms. The topological polar surface area (TPSA) is 34.8 Å². The van der Waals surface area contributed by atoms with Crippen LogP contribution in [0.5, 0.6) is 0 Å². The predicted molar refractivity (Wildman–Crippen MR) is 84.2 cm³/mol. The van der Waals surface area contributed by atoms with E-state index < -0.39 is 0 Å². The van der Waals surface area contributed by atoms with Gasteiger partial charge in [0.05, 0.1) is 5.69 Å². The molecule has 0 saturated carbocycles. The van der Waals surface area contributed by atoms with Crippen LogP contribution in [0.1, 0.15) is 18.1 Å². The molecule has 108 valence electrons. The Morgan fingerprint density at radius 3 is 2.71 bits per heavy atom. The third-order valence-corrected chi connectivity index (χ3v) is 3.56. The van der Waals surface area contributed by atoms with Gasteiger partial charge in [-0.25, -0.2) is 4.68 Å². The minimum Gasteiger partial charge on any atom is -0.354 e. The fourth-order valence-corrected chi connectivity index (χ4v) is 2.43. The van der Waals surface area contributed by atoms with Crippen molar-refractivity contribution in [2.45, 2.75) is 26.6 Å². The second-order valence-electron chi connectivity index (χ2n) is 5.03. The Morgan fingerprint density at radius 1 is 1.05 bits per heavy atom. The lowest BCUT2D eigenvalue weighted by molar-refractivity contribution is 0.682. The first kappa shape index (κ1) is 13.6. The average molecular weight is 280 g/mol. The zero-order valence-electron chi connectivity index (χ0n) is 12.2. The van der Waals surface area contributed by atoms with Crippen LogP contribution in [-0.4, -0.2) is 14.3 Å². The molecule has 1 aromatic carbocycles. The van der Waals surface area contributed by atoms with E-state index in [-0.39, 0.29) is 0 Å². The molecule has 3 aromatic rings. The molecule has 3 rings (SSSR count). The molecule has 0 radical (unpaired) electrons. The summed E-state index contributed by atoms with van der Waals surface area (Å²) in [5.41, 5.74) is 3.69. The molecule has 2 aromatic heterocycles. The lowest BCUT2D eigenvalue weighted by Gasteiger charge is -2.10. The van der Waals surface area contributed by atoms with Crippen LogP contribution in [0.15, 0.2) is 61.2 Å². The summed E-state index contributed by atoms with van der Waals surface area (Å²) < 4.78 is 4.10. The number of nitrogens with one attached hydrogen (secondary N) is 1. The molecule has 0 unspecified atom stereocenters. The van der Waals surface area contributed by atoms with Crippen LogP contribution in [0.2, 0.25) is 0 Å². The van der Waals surface area contributed by atoms with Gasteiger partial charge in [-0.2, -0.15) is 5.10 Å². The molecular weight excluding hydrogens is 260 g/mol. The Morgan fingerprint density at radius 2 is 1.95 bits per heavy atom. The van der Waals surface area contributed by atoms with E-state index in [2.05, 4.69) is 58.6 Å². The summed E-state index contributed by atoms with van der Waals surface area (Å²) in [5.74, 6) is 0. The van der Waals surface area contributed by atoms with Gasteiger partial charge < -0.3 is 9.88 Å². The summed E-state index contributed by atoms with van der Waals surface area (Å²) in [6.07, 6.45) is 8.08. The van der Waals surface area contributed by atoms with Gasteiger partial charge >= 0.3 is 0 Å². The molecule has 4 heteroatoms. The maximum atomic E-state index is 4.31. The van der Waals surface area contributed by atoms with Gasteiger partial charge in [0, 0.05) is 44.4 Å². The van der Waals surface area contributed by atoms with Gasteiger partial charge in [0.15, 0.2) is 0 Å². The maximum Gasteiger partial charge on any atom is 0.0690 e. The first-order valence-electron chi connectivity index (χ1n) is 7.30. The molecule has 0 atom stereocenters. The summed E-state index contributed by atoms with van der Waals surface area (Å²) in [4.78, 5) is 0. The highest BCUT2D eigenvalue weighted by atomic mass is 15.3. The first-order valence-corrected chi connectivity index (χ1v) is 7.30. The van der Waals surface area contributed by atoms with E-state index in [0.717, 1.165) is 25.3 Å². The Balaban J connectivity index is 1.65. The average Bonchev–Trinajstić information content (AvgIpc) is 3.19. The molecule has 4 nitrogen and oxygen atoms in total. The Bertz CT molecular complexity index is 682. The molecule has 0 saturated heterocycles. The lowest BCUT2D eigenvalue weighted by atomic mass is 10.1. The third kappa shape index (κ3) is 3.23. The van der Waals surface area contributed by atoms with Gasteiger partial charge in [-0.05, 0) is 36.2 Å². The van der Waals surface area contributed by atoms with Crippen molar-refractivity contribution in [2.24, 2.45) is 0 Å². The van der Waals surface area contributed by atoms with Gasteiger partial charge in [-0.15, -0.1) is 0 Å². The van der Waals surface area contributed by atoms with Gasteiger partial charge in [0.1, 0.15) is 0 Å². The van der Waals surface area contributed by atoms with Crippen LogP contribution in [0.4, 0.5) is 0 Å². The summed E-state index contributed by atoms with van der Waals surface area (Å²) >= 11 is 0. The van der Waals surface area contributed by atoms with Crippen molar-refractivity contribution < 1.29 is 0 Å². The van der Waals surface area contributed by atoms with Crippen LogP contribution in [0, 0.1) is 0 Å². The van der Waals surface area contributed by atoms with Crippen molar-refractivity contribution in [3.63, 3.8) is 0 Å². The molecule has 0 amide bonds. The van der Waals surface area contributed by atoms with Crippen LogP contribution < -0.4 is 5.32 Å². The standard InChI is InChI=1S/C17H20N4/c1-2-20-11-8-15(14-20)12-18-13-16-6-3-4-7-17(16)21-10-5-9-19-21/h3-11,14,18H,2,12-13H2,1H3. The van der Waals surface area contributed by atoms with Crippen LogP contribution in [0.3, 0.4) is 0 Å². The molecule has 0 spiro atoms. The summed E-state index contributed by atoms with van der Waals surface area (Å²) in [6.45, 7) is 4.87. The highest BCUT2D eigenvalue weighted by Crippen LogP contribution is 2.13. The second-order valence-corrected chi connectivity index (χ2v) is 5.03. The van der Waals surface area contributed by atoms with E-state index >= 15 is 0 Å². The SMILES string of the molecule is CCn1ccc(CNCc2ccccc2-n2cccn2)c1. The molecule has 1 N–H and O–H groups in total. The Kier molecular flexibility index (Phi) is 4.17. The fourth-order valence-electron chi connectivity index (χ4n) is 2.43. The van der Waals surface area contributed by atoms with Crippen molar-refractivity contribution in [2.75, 3.05) is 0 Å². The molecule has 0 aliphatic rings. The van der Waals surface area contributed by atoms with Crippen molar-refractivity contribution in [1.29, 1.82) is 0 Å². The van der Waals surface area contributed by atoms with Crippen molar-refractivity contribution in [3.8, 4) is 5.69 Å². The van der Waals surface area contributed by atoms with Gasteiger partial charge in [0.25, 0.3) is 0 Å². The highest BCUT2D eigenvalue weighted by Gasteiger charge is 2.04. The Hall–Kier alpha value is -2.33. The predicted octanol–water partition coefficient (Wildman–Crippen LogP) is 2.98. The summed E-state index contributed by atoms with van der Waals surface area (Å²) in [6, 6.07) is 12.5. The minimum absolute atomic E-state index is 0.827. The van der Waals surface area contributed by atoms with Crippen molar-refractivity contribution in [1.82, 2.24) is 19.7 Å². The second kappa shape index (κ2) is 6.41. The number of hydrogen-bond acceptors (Lipinski definition) is 2. The molecule has 21 heavy (non-hydrogen) atoms. The first-order chi connectivity index (χ1) is 10.4. The van der Waals surface area contributed by atoms with Crippen molar-refractivity contribution >= 4 is 0 Å². The molecular formula is C17H20N4. The number of aryl methyl sites for hydroxylation is 1. The Labute approximate surface area is 125 Å². The van der Waals surface area contributed by atoms with Gasteiger partial charge in [-0.3, -0.25) is 0 Å².